The van der Waals surface area contributed by atoms with Crippen molar-refractivity contribution in [2.75, 3.05) is 13.1 Å². The zero-order chi connectivity index (χ0) is 12.0. The van der Waals surface area contributed by atoms with Gasteiger partial charge in [-0.25, -0.2) is 4.39 Å². The van der Waals surface area contributed by atoms with Crippen molar-refractivity contribution in [2.24, 2.45) is 0 Å². The van der Waals surface area contributed by atoms with Crippen LogP contribution < -0.4 is 10.6 Å². The van der Waals surface area contributed by atoms with Crippen molar-refractivity contribution in [2.45, 2.75) is 33.4 Å². The maximum absolute atomic E-state index is 13.0. The summed E-state index contributed by atoms with van der Waals surface area (Å²) in [5.74, 6) is -0.134. The first-order valence-corrected chi connectivity index (χ1v) is 5.78. The molecule has 0 saturated heterocycles. The van der Waals surface area contributed by atoms with Crippen LogP contribution in [0.1, 0.15) is 25.0 Å². The minimum absolute atomic E-state index is 0.134. The summed E-state index contributed by atoms with van der Waals surface area (Å²) in [5, 5.41) is 6.65. The summed E-state index contributed by atoms with van der Waals surface area (Å²) in [4.78, 5) is 0. The van der Waals surface area contributed by atoms with Gasteiger partial charge in [0, 0.05) is 25.7 Å². The summed E-state index contributed by atoms with van der Waals surface area (Å²) in [6.07, 6.45) is 0. The van der Waals surface area contributed by atoms with Crippen molar-refractivity contribution in [3.63, 3.8) is 0 Å². The Morgan fingerprint density at radius 2 is 2.00 bits per heavy atom. The summed E-state index contributed by atoms with van der Waals surface area (Å²) in [7, 11) is 0. The average molecular weight is 224 g/mol. The van der Waals surface area contributed by atoms with Crippen molar-refractivity contribution in [3.05, 3.63) is 35.1 Å². The molecule has 1 rings (SSSR count). The lowest BCUT2D eigenvalue weighted by molar-refractivity contribution is 0.555. The molecule has 16 heavy (non-hydrogen) atoms. The Labute approximate surface area is 97.3 Å². The Morgan fingerprint density at radius 1 is 1.25 bits per heavy atom. The first kappa shape index (κ1) is 13.1. The van der Waals surface area contributed by atoms with E-state index >= 15 is 0 Å². The lowest BCUT2D eigenvalue weighted by Gasteiger charge is -2.09. The fourth-order valence-electron chi connectivity index (χ4n) is 1.50. The second kappa shape index (κ2) is 6.61. The minimum Gasteiger partial charge on any atom is -0.313 e. The molecule has 0 atom stereocenters. The van der Waals surface area contributed by atoms with Gasteiger partial charge in [0.1, 0.15) is 5.82 Å². The molecule has 0 spiro atoms. The van der Waals surface area contributed by atoms with Crippen molar-refractivity contribution < 1.29 is 4.39 Å². The van der Waals surface area contributed by atoms with E-state index in [0.29, 0.717) is 11.6 Å². The van der Waals surface area contributed by atoms with Crippen LogP contribution in [0.4, 0.5) is 4.39 Å². The predicted octanol–water partition coefficient (Wildman–Crippen LogP) is 2.22. The van der Waals surface area contributed by atoms with Crippen LogP contribution >= 0.6 is 0 Å². The number of halogens is 1. The third-order valence-electron chi connectivity index (χ3n) is 2.41. The minimum atomic E-state index is -0.134. The summed E-state index contributed by atoms with van der Waals surface area (Å²) in [6.45, 7) is 8.72. The zero-order valence-corrected chi connectivity index (χ0v) is 10.3. The van der Waals surface area contributed by atoms with E-state index in [1.807, 2.05) is 12.1 Å². The number of hydrogen-bond acceptors (Lipinski definition) is 2. The normalized spacial score (nSPS) is 11.1. The summed E-state index contributed by atoms with van der Waals surface area (Å²) in [5.41, 5.74) is 1.84. The molecule has 0 aromatic heterocycles. The van der Waals surface area contributed by atoms with Gasteiger partial charge in [-0.15, -0.1) is 0 Å². The standard InChI is InChI=1S/C13H21FN2/c1-10(2)16-7-6-15-9-12-4-5-13(14)11(3)8-12/h4-5,8,10,15-16H,6-7,9H2,1-3H3. The maximum Gasteiger partial charge on any atom is 0.126 e. The smallest absolute Gasteiger partial charge is 0.126 e. The van der Waals surface area contributed by atoms with Gasteiger partial charge >= 0.3 is 0 Å². The molecule has 1 aromatic rings. The highest BCUT2D eigenvalue weighted by molar-refractivity contribution is 5.23. The van der Waals surface area contributed by atoms with E-state index in [9.17, 15) is 4.39 Å². The Balaban J connectivity index is 2.24. The molecule has 0 saturated carbocycles. The molecule has 0 aliphatic heterocycles. The molecule has 0 aliphatic rings. The first-order valence-electron chi connectivity index (χ1n) is 5.78. The van der Waals surface area contributed by atoms with Gasteiger partial charge in [-0.1, -0.05) is 26.0 Å². The summed E-state index contributed by atoms with van der Waals surface area (Å²) < 4.78 is 13.0. The molecule has 3 heteroatoms. The molecular weight excluding hydrogens is 203 g/mol. The Bertz CT molecular complexity index is 324. The largest absolute Gasteiger partial charge is 0.313 e. The Hall–Kier alpha value is -0.930. The van der Waals surface area contributed by atoms with Gasteiger partial charge in [-0.3, -0.25) is 0 Å². The van der Waals surface area contributed by atoms with Crippen LogP contribution in [0.15, 0.2) is 18.2 Å². The lowest BCUT2D eigenvalue weighted by atomic mass is 10.1. The maximum atomic E-state index is 13.0. The monoisotopic (exact) mass is 224 g/mol. The van der Waals surface area contributed by atoms with Gasteiger partial charge in [0.05, 0.1) is 0 Å². The van der Waals surface area contributed by atoms with E-state index in [-0.39, 0.29) is 5.82 Å². The highest BCUT2D eigenvalue weighted by Gasteiger charge is 1.98. The Morgan fingerprint density at radius 3 is 2.62 bits per heavy atom. The van der Waals surface area contributed by atoms with E-state index in [4.69, 9.17) is 0 Å². The molecule has 2 nitrogen and oxygen atoms in total. The average Bonchev–Trinajstić information content (AvgIpc) is 2.22. The fraction of sp³-hybridized carbons (Fsp3) is 0.538. The molecule has 0 aliphatic carbocycles. The van der Waals surface area contributed by atoms with Crippen molar-refractivity contribution >= 4 is 0 Å². The number of rotatable bonds is 6. The van der Waals surface area contributed by atoms with E-state index in [2.05, 4.69) is 24.5 Å². The topological polar surface area (TPSA) is 24.1 Å². The molecule has 0 radical (unpaired) electrons. The molecule has 0 heterocycles. The van der Waals surface area contributed by atoms with E-state index in [1.54, 1.807) is 6.92 Å². The highest BCUT2D eigenvalue weighted by atomic mass is 19.1. The van der Waals surface area contributed by atoms with Crippen molar-refractivity contribution in [1.29, 1.82) is 0 Å². The van der Waals surface area contributed by atoms with E-state index in [1.165, 1.54) is 6.07 Å². The highest BCUT2D eigenvalue weighted by Crippen LogP contribution is 2.08. The zero-order valence-electron chi connectivity index (χ0n) is 10.3. The quantitative estimate of drug-likeness (QED) is 0.724. The summed E-state index contributed by atoms with van der Waals surface area (Å²) in [6, 6.07) is 5.76. The molecule has 0 unspecified atom stereocenters. The van der Waals surface area contributed by atoms with Gasteiger partial charge in [0.15, 0.2) is 0 Å². The van der Waals surface area contributed by atoms with Crippen LogP contribution in [0.2, 0.25) is 0 Å². The number of hydrogen-bond donors (Lipinski definition) is 2. The van der Waals surface area contributed by atoms with Crippen LogP contribution in [0, 0.1) is 12.7 Å². The molecule has 0 bridgehead atoms. The van der Waals surface area contributed by atoms with Gasteiger partial charge in [-0.2, -0.15) is 0 Å². The van der Waals surface area contributed by atoms with Crippen LogP contribution in [0.25, 0.3) is 0 Å². The van der Waals surface area contributed by atoms with Crippen LogP contribution in [0.5, 0.6) is 0 Å². The molecule has 0 fully saturated rings. The van der Waals surface area contributed by atoms with Crippen molar-refractivity contribution in [1.82, 2.24) is 10.6 Å². The van der Waals surface area contributed by atoms with Crippen molar-refractivity contribution in [3.8, 4) is 0 Å². The van der Waals surface area contributed by atoms with Crippen LogP contribution in [0.3, 0.4) is 0 Å². The van der Waals surface area contributed by atoms with Gasteiger partial charge in [0.2, 0.25) is 0 Å². The first-order chi connectivity index (χ1) is 7.59. The van der Waals surface area contributed by atoms with Crippen LogP contribution in [-0.4, -0.2) is 19.1 Å². The molecule has 90 valence electrons. The van der Waals surface area contributed by atoms with E-state index < -0.39 is 0 Å². The van der Waals surface area contributed by atoms with Gasteiger partial charge in [0.25, 0.3) is 0 Å². The molecule has 1 aromatic carbocycles. The fourth-order valence-corrected chi connectivity index (χ4v) is 1.50. The third kappa shape index (κ3) is 4.73. The number of aryl methyl sites for hydroxylation is 1. The second-order valence-electron chi connectivity index (χ2n) is 4.37. The van der Waals surface area contributed by atoms with E-state index in [0.717, 1.165) is 25.2 Å². The third-order valence-corrected chi connectivity index (χ3v) is 2.41. The molecule has 2 N–H and O–H groups in total. The summed E-state index contributed by atoms with van der Waals surface area (Å²) >= 11 is 0. The van der Waals surface area contributed by atoms with Gasteiger partial charge < -0.3 is 10.6 Å². The second-order valence-corrected chi connectivity index (χ2v) is 4.37. The van der Waals surface area contributed by atoms with Crippen LogP contribution in [-0.2, 0) is 6.54 Å². The number of nitrogens with one attached hydrogen (secondary N) is 2. The SMILES string of the molecule is Cc1cc(CNCCNC(C)C)ccc1F. The molecular formula is C13H21FN2. The number of benzene rings is 1. The predicted molar refractivity (Wildman–Crippen MR) is 66.0 cm³/mol. The lowest BCUT2D eigenvalue weighted by Crippen LogP contribution is -2.31. The molecule has 0 amide bonds. The Kier molecular flexibility index (Phi) is 5.43. The van der Waals surface area contributed by atoms with Gasteiger partial charge in [-0.05, 0) is 24.1 Å².